The maximum absolute atomic E-state index is 12.3. The fourth-order valence-electron chi connectivity index (χ4n) is 2.68. The van der Waals surface area contributed by atoms with Gasteiger partial charge >= 0.3 is 5.97 Å². The van der Waals surface area contributed by atoms with Crippen LogP contribution < -0.4 is 0 Å². The summed E-state index contributed by atoms with van der Waals surface area (Å²) < 4.78 is 5.33. The highest BCUT2D eigenvalue weighted by atomic mass is 16.6. The lowest BCUT2D eigenvalue weighted by molar-refractivity contribution is -0.134. The molecule has 0 bridgehead atoms. The minimum absolute atomic E-state index is 0.0753. The van der Waals surface area contributed by atoms with Gasteiger partial charge in [-0.1, -0.05) is 63.2 Å². The number of ether oxygens (including phenoxy) is 1. The molecule has 1 atom stereocenters. The number of carbonyl (C=O) groups is 2. The first-order valence-corrected chi connectivity index (χ1v) is 8.33. The first-order chi connectivity index (χ1) is 11.8. The molecule has 3 rings (SSSR count). The smallest absolute Gasteiger partial charge is 0.338 e. The molecule has 4 heteroatoms. The van der Waals surface area contributed by atoms with E-state index >= 15 is 0 Å². The minimum atomic E-state index is -0.520. The van der Waals surface area contributed by atoms with Crippen LogP contribution >= 0.6 is 0 Å². The zero-order chi connectivity index (χ0) is 18.0. The third-order valence-corrected chi connectivity index (χ3v) is 4.09. The fourth-order valence-corrected chi connectivity index (χ4v) is 2.68. The molecule has 0 amide bonds. The molecule has 128 valence electrons. The summed E-state index contributed by atoms with van der Waals surface area (Å²) in [5, 5.41) is 0. The third-order valence-electron chi connectivity index (χ3n) is 4.09. The van der Waals surface area contributed by atoms with E-state index in [9.17, 15) is 9.59 Å². The highest BCUT2D eigenvalue weighted by molar-refractivity contribution is 6.07. The van der Waals surface area contributed by atoms with Gasteiger partial charge < -0.3 is 4.74 Å². The summed E-state index contributed by atoms with van der Waals surface area (Å²) in [6.45, 7) is 5.67. The number of hydrogen-bond donors (Lipinski definition) is 0. The highest BCUT2D eigenvalue weighted by Crippen LogP contribution is 2.22. The summed E-state index contributed by atoms with van der Waals surface area (Å²) in [6.07, 6.45) is 0.518. The van der Waals surface area contributed by atoms with Crippen LogP contribution in [0.25, 0.3) is 0 Å². The topological polar surface area (TPSA) is 55.7 Å². The van der Waals surface area contributed by atoms with Gasteiger partial charge in [0.15, 0.2) is 11.8 Å². The van der Waals surface area contributed by atoms with Crippen molar-refractivity contribution in [3.8, 4) is 0 Å². The normalized spacial score (nSPS) is 17.2. The van der Waals surface area contributed by atoms with Crippen LogP contribution in [-0.2, 0) is 16.0 Å². The van der Waals surface area contributed by atoms with Gasteiger partial charge in [-0.25, -0.2) is 9.79 Å². The fraction of sp³-hybridized carbons (Fsp3) is 0.286. The van der Waals surface area contributed by atoms with Gasteiger partial charge in [0.1, 0.15) is 0 Å². The van der Waals surface area contributed by atoms with Crippen molar-refractivity contribution < 1.29 is 14.3 Å². The van der Waals surface area contributed by atoms with Crippen molar-refractivity contribution in [2.75, 3.05) is 0 Å². The Balaban J connectivity index is 1.77. The zero-order valence-corrected chi connectivity index (χ0v) is 14.7. The van der Waals surface area contributed by atoms with Crippen molar-refractivity contribution in [2.45, 2.75) is 33.2 Å². The number of aliphatic imine (C=N–C) groups is 1. The first-order valence-electron chi connectivity index (χ1n) is 8.33. The van der Waals surface area contributed by atoms with E-state index < -0.39 is 11.5 Å². The van der Waals surface area contributed by atoms with Gasteiger partial charge in [-0.3, -0.25) is 4.79 Å². The molecule has 25 heavy (non-hydrogen) atoms. The van der Waals surface area contributed by atoms with Crippen molar-refractivity contribution >= 4 is 17.7 Å². The zero-order valence-electron chi connectivity index (χ0n) is 14.7. The Kier molecular flexibility index (Phi) is 4.53. The number of rotatable bonds is 4. The largest absolute Gasteiger partial charge is 0.406 e. The van der Waals surface area contributed by atoms with Crippen molar-refractivity contribution in [2.24, 2.45) is 10.4 Å². The van der Waals surface area contributed by atoms with Crippen molar-refractivity contribution in [1.29, 1.82) is 0 Å². The van der Waals surface area contributed by atoms with Crippen LogP contribution in [0, 0.1) is 5.41 Å². The molecule has 0 fully saturated rings. The van der Waals surface area contributed by atoms with Crippen LogP contribution in [-0.4, -0.2) is 23.7 Å². The van der Waals surface area contributed by atoms with Crippen LogP contribution in [0.1, 0.15) is 42.3 Å². The minimum Gasteiger partial charge on any atom is -0.406 e. The second-order valence-corrected chi connectivity index (χ2v) is 7.22. The molecular formula is C21H21NO3. The van der Waals surface area contributed by atoms with E-state index in [1.54, 1.807) is 24.3 Å². The maximum atomic E-state index is 12.3. The summed E-state index contributed by atoms with van der Waals surface area (Å²) in [6, 6.07) is 16.3. The van der Waals surface area contributed by atoms with E-state index in [-0.39, 0.29) is 11.8 Å². The van der Waals surface area contributed by atoms with E-state index in [4.69, 9.17) is 4.74 Å². The average Bonchev–Trinajstić information content (AvgIpc) is 2.95. The molecular weight excluding hydrogens is 314 g/mol. The van der Waals surface area contributed by atoms with E-state index in [1.807, 2.05) is 51.1 Å². The molecule has 0 spiro atoms. The summed E-state index contributed by atoms with van der Waals surface area (Å²) in [4.78, 5) is 28.8. The molecule has 1 heterocycles. The van der Waals surface area contributed by atoms with Crippen LogP contribution in [0.4, 0.5) is 0 Å². The molecule has 1 aliphatic heterocycles. The number of nitrogens with zero attached hydrogens (tertiary/aromatic N) is 1. The second kappa shape index (κ2) is 6.63. The van der Waals surface area contributed by atoms with E-state index in [0.717, 1.165) is 5.56 Å². The summed E-state index contributed by atoms with van der Waals surface area (Å²) in [7, 11) is 0. The Morgan fingerprint density at radius 2 is 1.68 bits per heavy atom. The quantitative estimate of drug-likeness (QED) is 0.630. The molecule has 0 aliphatic carbocycles. The van der Waals surface area contributed by atoms with Crippen molar-refractivity contribution in [1.82, 2.24) is 0 Å². The molecule has 2 aromatic carbocycles. The Labute approximate surface area is 147 Å². The van der Waals surface area contributed by atoms with E-state index in [2.05, 4.69) is 4.99 Å². The molecule has 2 aromatic rings. The van der Waals surface area contributed by atoms with Gasteiger partial charge in [-0.2, -0.15) is 0 Å². The highest BCUT2D eigenvalue weighted by Gasteiger charge is 2.30. The maximum Gasteiger partial charge on any atom is 0.338 e. The molecule has 1 aliphatic rings. The van der Waals surface area contributed by atoms with Gasteiger partial charge in [0.25, 0.3) is 0 Å². The number of esters is 1. The molecule has 0 saturated carbocycles. The number of benzene rings is 2. The molecule has 0 radical (unpaired) electrons. The Morgan fingerprint density at radius 3 is 2.28 bits per heavy atom. The first kappa shape index (κ1) is 17.1. The number of hydrogen-bond acceptors (Lipinski definition) is 4. The average molecular weight is 335 g/mol. The van der Waals surface area contributed by atoms with Crippen molar-refractivity contribution in [3.05, 3.63) is 71.3 Å². The van der Waals surface area contributed by atoms with Crippen LogP contribution in [0.2, 0.25) is 0 Å². The molecule has 0 saturated heterocycles. The number of ketones is 1. The molecule has 0 N–H and O–H groups in total. The standard InChI is InChI=1S/C21H21NO3/c1-21(2,3)18(23)15-9-11-16(12-10-15)19-22-17(20(24)25-19)13-14-7-5-4-6-8-14/h4-12,17H,13H2,1-3H3/t17-/m0/s1. The second-order valence-electron chi connectivity index (χ2n) is 7.22. The lowest BCUT2D eigenvalue weighted by Gasteiger charge is -2.16. The predicted octanol–water partition coefficient (Wildman–Crippen LogP) is 3.83. The summed E-state index contributed by atoms with van der Waals surface area (Å²) >= 11 is 0. The number of cyclic esters (lactones) is 1. The summed E-state index contributed by atoms with van der Waals surface area (Å²) in [5.74, 6) is 0.0562. The van der Waals surface area contributed by atoms with Crippen LogP contribution in [0.3, 0.4) is 0 Å². The van der Waals surface area contributed by atoms with Crippen molar-refractivity contribution in [3.63, 3.8) is 0 Å². The third kappa shape index (κ3) is 3.85. The van der Waals surface area contributed by atoms with E-state index in [1.165, 1.54) is 0 Å². The SMILES string of the molecule is CC(C)(C)C(=O)c1ccc(C2=N[C@@H](Cc3ccccc3)C(=O)O2)cc1. The summed E-state index contributed by atoms with van der Waals surface area (Å²) in [5.41, 5.74) is 1.96. The Hall–Kier alpha value is -2.75. The van der Waals surface area contributed by atoms with Gasteiger partial charge in [0.05, 0.1) is 0 Å². The Bertz CT molecular complexity index is 814. The number of Topliss-reactive ketones (excluding diaryl/α,β-unsaturated/α-hetero) is 1. The molecule has 0 aromatic heterocycles. The van der Waals surface area contributed by atoms with Gasteiger partial charge in [-0.05, 0) is 17.7 Å². The van der Waals surface area contributed by atoms with Gasteiger partial charge in [0.2, 0.25) is 5.90 Å². The Morgan fingerprint density at radius 1 is 1.04 bits per heavy atom. The monoisotopic (exact) mass is 335 g/mol. The number of carbonyl (C=O) groups excluding carboxylic acids is 2. The van der Waals surface area contributed by atoms with E-state index in [0.29, 0.717) is 23.4 Å². The van der Waals surface area contributed by atoms with Crippen LogP contribution in [0.5, 0.6) is 0 Å². The molecule has 0 unspecified atom stereocenters. The van der Waals surface area contributed by atoms with Gasteiger partial charge in [-0.15, -0.1) is 0 Å². The van der Waals surface area contributed by atoms with Gasteiger partial charge in [0, 0.05) is 23.0 Å². The lowest BCUT2D eigenvalue weighted by Crippen LogP contribution is -2.20. The molecule has 4 nitrogen and oxygen atoms in total. The predicted molar refractivity (Wildman–Crippen MR) is 96.8 cm³/mol. The van der Waals surface area contributed by atoms with Crippen LogP contribution in [0.15, 0.2) is 59.6 Å². The lowest BCUT2D eigenvalue weighted by atomic mass is 9.86.